The molecular formula is C5H5F2N. The van der Waals surface area contributed by atoms with E-state index in [4.69, 9.17) is 5.26 Å². The number of allylic oxidation sites excluding steroid dienone is 1. The highest BCUT2D eigenvalue weighted by molar-refractivity contribution is 5.01. The van der Waals surface area contributed by atoms with E-state index in [9.17, 15) is 8.78 Å². The second kappa shape index (κ2) is 3.14. The summed E-state index contributed by atoms with van der Waals surface area (Å²) in [5.41, 5.74) is 0. The number of nitriles is 1. The lowest BCUT2D eigenvalue weighted by Crippen LogP contribution is -1.97. The zero-order valence-corrected chi connectivity index (χ0v) is 4.19. The summed E-state index contributed by atoms with van der Waals surface area (Å²) in [6, 6.07) is 1.40. The molecule has 1 atom stereocenters. The molecule has 0 aromatic carbocycles. The molecule has 0 amide bonds. The van der Waals surface area contributed by atoms with Crippen molar-refractivity contribution in [1.82, 2.24) is 0 Å². The van der Waals surface area contributed by atoms with E-state index in [1.807, 2.05) is 0 Å². The van der Waals surface area contributed by atoms with Gasteiger partial charge in [0.1, 0.15) is 18.4 Å². The first-order valence-electron chi connectivity index (χ1n) is 2.02. The van der Waals surface area contributed by atoms with Gasteiger partial charge in [0.25, 0.3) is 0 Å². The highest BCUT2D eigenvalue weighted by atomic mass is 19.1. The van der Waals surface area contributed by atoms with Gasteiger partial charge < -0.3 is 0 Å². The minimum atomic E-state index is -1.27. The number of nitrogens with zero attached hydrogens (tertiary/aromatic N) is 1. The first kappa shape index (κ1) is 7.09. The Labute approximate surface area is 46.2 Å². The molecule has 0 spiro atoms. The predicted octanol–water partition coefficient (Wildman–Crippen LogP) is 1.58. The fourth-order valence-electron chi connectivity index (χ4n) is 0.188. The van der Waals surface area contributed by atoms with E-state index in [0.717, 1.165) is 0 Å². The Morgan fingerprint density at radius 3 is 2.38 bits per heavy atom. The second-order valence-corrected chi connectivity index (χ2v) is 1.28. The van der Waals surface area contributed by atoms with Gasteiger partial charge in [-0.15, -0.1) is 0 Å². The molecule has 0 heterocycles. The summed E-state index contributed by atoms with van der Waals surface area (Å²) in [7, 11) is 0. The monoisotopic (exact) mass is 117 g/mol. The maximum atomic E-state index is 11.7. The van der Waals surface area contributed by atoms with Crippen molar-refractivity contribution in [2.45, 2.75) is 0 Å². The lowest BCUT2D eigenvalue weighted by molar-refractivity contribution is 0.403. The van der Waals surface area contributed by atoms with Gasteiger partial charge in [0.05, 0.1) is 6.07 Å². The second-order valence-electron chi connectivity index (χ2n) is 1.28. The highest BCUT2D eigenvalue weighted by Crippen LogP contribution is 2.08. The van der Waals surface area contributed by atoms with E-state index in [1.54, 1.807) is 0 Å². The average Bonchev–Trinajstić information content (AvgIpc) is 1.69. The van der Waals surface area contributed by atoms with Crippen molar-refractivity contribution >= 4 is 0 Å². The van der Waals surface area contributed by atoms with Gasteiger partial charge in [0, 0.05) is 0 Å². The van der Waals surface area contributed by atoms with Crippen LogP contribution in [0.2, 0.25) is 0 Å². The molecular weight excluding hydrogens is 112 g/mol. The molecule has 0 fully saturated rings. The Bertz CT molecular complexity index is 125. The maximum absolute atomic E-state index is 11.7. The van der Waals surface area contributed by atoms with Gasteiger partial charge in [-0.1, -0.05) is 6.58 Å². The van der Waals surface area contributed by atoms with Crippen molar-refractivity contribution < 1.29 is 8.78 Å². The van der Waals surface area contributed by atoms with Crippen LogP contribution in [0.15, 0.2) is 12.4 Å². The summed E-state index contributed by atoms with van der Waals surface area (Å²) < 4.78 is 23.1. The van der Waals surface area contributed by atoms with E-state index in [2.05, 4.69) is 6.58 Å². The molecule has 0 N–H and O–H groups in total. The Morgan fingerprint density at radius 1 is 1.88 bits per heavy atom. The highest BCUT2D eigenvalue weighted by Gasteiger charge is 2.08. The molecule has 0 aromatic heterocycles. The Kier molecular flexibility index (Phi) is 2.78. The van der Waals surface area contributed by atoms with Crippen molar-refractivity contribution in [3.63, 3.8) is 0 Å². The van der Waals surface area contributed by atoms with Gasteiger partial charge in [-0.2, -0.15) is 5.26 Å². The van der Waals surface area contributed by atoms with Crippen LogP contribution >= 0.6 is 0 Å². The van der Waals surface area contributed by atoms with Crippen molar-refractivity contribution in [2.75, 3.05) is 6.67 Å². The molecule has 8 heavy (non-hydrogen) atoms. The fraction of sp³-hybridized carbons (Fsp3) is 0.400. The summed E-state index contributed by atoms with van der Waals surface area (Å²) in [6.07, 6.45) is 0. The van der Waals surface area contributed by atoms with Gasteiger partial charge in [-0.3, -0.25) is 0 Å². The van der Waals surface area contributed by atoms with Crippen LogP contribution < -0.4 is 0 Å². The molecule has 0 aliphatic rings. The molecule has 3 heteroatoms. The maximum Gasteiger partial charge on any atom is 0.126 e. The van der Waals surface area contributed by atoms with Crippen LogP contribution in [-0.2, 0) is 0 Å². The number of rotatable bonds is 2. The van der Waals surface area contributed by atoms with Crippen molar-refractivity contribution in [3.05, 3.63) is 12.4 Å². The van der Waals surface area contributed by atoms with Gasteiger partial charge in [-0.25, -0.2) is 8.78 Å². The summed E-state index contributed by atoms with van der Waals surface area (Å²) in [5, 5.41) is 7.91. The summed E-state index contributed by atoms with van der Waals surface area (Å²) in [5.74, 6) is -2.18. The van der Waals surface area contributed by atoms with Crippen LogP contribution in [0.5, 0.6) is 0 Å². The van der Waals surface area contributed by atoms with E-state index in [1.165, 1.54) is 6.07 Å². The molecule has 0 saturated heterocycles. The third-order valence-corrected chi connectivity index (χ3v) is 0.688. The molecule has 0 radical (unpaired) electrons. The number of alkyl halides is 1. The van der Waals surface area contributed by atoms with Crippen molar-refractivity contribution in [2.24, 2.45) is 5.92 Å². The van der Waals surface area contributed by atoms with E-state index in [-0.39, 0.29) is 0 Å². The minimum absolute atomic E-state index is 0.907. The number of halogens is 2. The van der Waals surface area contributed by atoms with Gasteiger partial charge in [0.15, 0.2) is 0 Å². The standard InChI is InChI=1S/C5H5F2N/c1-4(7)5(2-6)3-8/h5H,1-2H2. The van der Waals surface area contributed by atoms with E-state index >= 15 is 0 Å². The van der Waals surface area contributed by atoms with E-state index < -0.39 is 18.4 Å². The minimum Gasteiger partial charge on any atom is -0.249 e. The molecule has 1 nitrogen and oxygen atoms in total. The summed E-state index contributed by atoms with van der Waals surface area (Å²) in [4.78, 5) is 0. The summed E-state index contributed by atoms with van der Waals surface area (Å²) >= 11 is 0. The van der Waals surface area contributed by atoms with Crippen LogP contribution in [0.3, 0.4) is 0 Å². The van der Waals surface area contributed by atoms with Crippen LogP contribution in [0.1, 0.15) is 0 Å². The normalized spacial score (nSPS) is 12.1. The largest absolute Gasteiger partial charge is 0.249 e. The van der Waals surface area contributed by atoms with Gasteiger partial charge in [0.2, 0.25) is 0 Å². The quantitative estimate of drug-likeness (QED) is 0.538. The molecule has 1 unspecified atom stereocenters. The Balaban J connectivity index is 3.76. The smallest absolute Gasteiger partial charge is 0.126 e. The van der Waals surface area contributed by atoms with Gasteiger partial charge in [-0.05, 0) is 0 Å². The Morgan fingerprint density at radius 2 is 2.38 bits per heavy atom. The first-order chi connectivity index (χ1) is 3.72. The molecule has 0 bridgehead atoms. The lowest BCUT2D eigenvalue weighted by Gasteiger charge is -1.94. The SMILES string of the molecule is C=C(F)C(C#N)CF. The molecule has 0 rings (SSSR count). The molecule has 0 aromatic rings. The average molecular weight is 117 g/mol. The van der Waals surface area contributed by atoms with Crippen LogP contribution in [0, 0.1) is 17.2 Å². The lowest BCUT2D eigenvalue weighted by atomic mass is 10.2. The molecule has 0 aliphatic heterocycles. The Hall–Kier alpha value is -0.910. The zero-order chi connectivity index (χ0) is 6.57. The predicted molar refractivity (Wildman–Crippen MR) is 25.3 cm³/mol. The van der Waals surface area contributed by atoms with Crippen LogP contribution in [0.25, 0.3) is 0 Å². The number of hydrogen-bond acceptors (Lipinski definition) is 1. The number of hydrogen-bond donors (Lipinski definition) is 0. The van der Waals surface area contributed by atoms with E-state index in [0.29, 0.717) is 0 Å². The third kappa shape index (κ3) is 1.69. The molecule has 44 valence electrons. The fourth-order valence-corrected chi connectivity index (χ4v) is 0.188. The first-order valence-corrected chi connectivity index (χ1v) is 2.02. The molecule has 0 saturated carbocycles. The topological polar surface area (TPSA) is 23.8 Å². The molecule has 0 aliphatic carbocycles. The third-order valence-electron chi connectivity index (χ3n) is 0.688. The van der Waals surface area contributed by atoms with Crippen LogP contribution in [-0.4, -0.2) is 6.67 Å². The summed E-state index contributed by atoms with van der Waals surface area (Å²) in [6.45, 7) is 1.77. The van der Waals surface area contributed by atoms with Crippen molar-refractivity contribution in [3.8, 4) is 6.07 Å². The van der Waals surface area contributed by atoms with Gasteiger partial charge >= 0.3 is 0 Å². The zero-order valence-electron chi connectivity index (χ0n) is 4.19. The van der Waals surface area contributed by atoms with Crippen LogP contribution in [0.4, 0.5) is 8.78 Å². The van der Waals surface area contributed by atoms with Crippen molar-refractivity contribution in [1.29, 1.82) is 5.26 Å².